The Balaban J connectivity index is 2.79. The van der Waals surface area contributed by atoms with Crippen molar-refractivity contribution in [3.05, 3.63) is 39.3 Å². The van der Waals surface area contributed by atoms with Gasteiger partial charge in [-0.05, 0) is 31.3 Å². The van der Waals surface area contributed by atoms with Gasteiger partial charge in [0.15, 0.2) is 0 Å². The molecule has 2 aromatic rings. The molecule has 0 aliphatic carbocycles. The summed E-state index contributed by atoms with van der Waals surface area (Å²) in [7, 11) is 0. The maximum absolute atomic E-state index is 11.4. The fraction of sp³-hybridized carbons (Fsp3) is 0.125. The second-order valence-electron chi connectivity index (χ2n) is 2.80. The number of rotatable bonds is 1. The minimum absolute atomic E-state index is 0.286. The van der Waals surface area contributed by atoms with Crippen LogP contribution in [0.3, 0.4) is 0 Å². The average molecular weight is 208 g/mol. The molecule has 0 aromatic carbocycles. The summed E-state index contributed by atoms with van der Waals surface area (Å²) in [5.41, 5.74) is 1.17. The molecule has 0 bridgehead atoms. The van der Waals surface area contributed by atoms with Gasteiger partial charge >= 0.3 is 5.69 Å². The maximum Gasteiger partial charge on any atom is 0.347 e. The number of pyridine rings is 1. The minimum Gasteiger partial charge on any atom is -0.272 e. The molecule has 0 saturated heterocycles. The normalized spacial score (nSPS) is 10.4. The molecule has 72 valence electrons. The molecule has 2 N–H and O–H groups in total. The van der Waals surface area contributed by atoms with Crippen LogP contribution >= 0.6 is 12.2 Å². The first-order valence-electron chi connectivity index (χ1n) is 4.02. The molecule has 5 nitrogen and oxygen atoms in total. The van der Waals surface area contributed by atoms with Gasteiger partial charge in [-0.3, -0.25) is 10.1 Å². The fourth-order valence-electron chi connectivity index (χ4n) is 1.24. The van der Waals surface area contributed by atoms with E-state index in [1.54, 1.807) is 18.3 Å². The highest BCUT2D eigenvalue weighted by Gasteiger charge is 2.05. The van der Waals surface area contributed by atoms with Crippen LogP contribution < -0.4 is 5.69 Å². The Hall–Kier alpha value is -1.69. The van der Waals surface area contributed by atoms with Crippen molar-refractivity contribution in [1.82, 2.24) is 19.7 Å². The number of hydrogen-bond donors (Lipinski definition) is 2. The largest absolute Gasteiger partial charge is 0.347 e. The minimum atomic E-state index is -0.286. The van der Waals surface area contributed by atoms with Crippen molar-refractivity contribution in [2.45, 2.75) is 6.92 Å². The molecular weight excluding hydrogens is 200 g/mol. The molecule has 14 heavy (non-hydrogen) atoms. The molecular formula is C8H8N4OS. The van der Waals surface area contributed by atoms with Gasteiger partial charge in [0.05, 0.1) is 11.4 Å². The lowest BCUT2D eigenvalue weighted by Crippen LogP contribution is -2.16. The van der Waals surface area contributed by atoms with Crippen LogP contribution in [-0.4, -0.2) is 19.7 Å². The van der Waals surface area contributed by atoms with Gasteiger partial charge in [-0.1, -0.05) is 0 Å². The van der Waals surface area contributed by atoms with Crippen LogP contribution in [0.2, 0.25) is 0 Å². The summed E-state index contributed by atoms with van der Waals surface area (Å²) in [6.45, 7) is 1.82. The van der Waals surface area contributed by atoms with Crippen LogP contribution in [0.25, 0.3) is 5.69 Å². The van der Waals surface area contributed by atoms with Crippen molar-refractivity contribution < 1.29 is 0 Å². The number of aromatic nitrogens is 4. The zero-order chi connectivity index (χ0) is 10.1. The zero-order valence-electron chi connectivity index (χ0n) is 7.44. The Morgan fingerprint density at radius 1 is 1.50 bits per heavy atom. The van der Waals surface area contributed by atoms with E-state index in [1.807, 2.05) is 6.92 Å². The van der Waals surface area contributed by atoms with Crippen LogP contribution in [0.1, 0.15) is 5.69 Å². The molecule has 0 unspecified atom stereocenters. The summed E-state index contributed by atoms with van der Waals surface area (Å²) < 4.78 is 1.71. The first kappa shape index (κ1) is 8.89. The van der Waals surface area contributed by atoms with Crippen molar-refractivity contribution in [3.8, 4) is 5.69 Å². The van der Waals surface area contributed by atoms with E-state index in [2.05, 4.69) is 15.2 Å². The molecule has 0 aliphatic heterocycles. The average Bonchev–Trinajstić information content (AvgIpc) is 2.48. The van der Waals surface area contributed by atoms with Gasteiger partial charge in [0.1, 0.15) is 0 Å². The molecule has 0 saturated carbocycles. The molecule has 0 amide bonds. The van der Waals surface area contributed by atoms with Crippen LogP contribution in [0.4, 0.5) is 0 Å². The number of aryl methyl sites for hydroxylation is 1. The quantitative estimate of drug-likeness (QED) is 0.685. The van der Waals surface area contributed by atoms with Crippen LogP contribution in [0.15, 0.2) is 23.1 Å². The van der Waals surface area contributed by atoms with Crippen LogP contribution in [0.5, 0.6) is 0 Å². The summed E-state index contributed by atoms with van der Waals surface area (Å²) in [4.78, 5) is 15.5. The predicted octanol–water partition coefficient (Wildman–Crippen LogP) is 0.927. The van der Waals surface area contributed by atoms with Gasteiger partial charge in [-0.2, -0.15) is 0 Å². The van der Waals surface area contributed by atoms with Crippen LogP contribution in [0, 0.1) is 11.7 Å². The van der Waals surface area contributed by atoms with Gasteiger partial charge in [-0.15, -0.1) is 0 Å². The Kier molecular flexibility index (Phi) is 2.05. The first-order chi connectivity index (χ1) is 6.70. The van der Waals surface area contributed by atoms with E-state index in [-0.39, 0.29) is 5.69 Å². The van der Waals surface area contributed by atoms with E-state index in [4.69, 9.17) is 12.2 Å². The van der Waals surface area contributed by atoms with E-state index in [0.29, 0.717) is 10.5 Å². The number of nitrogens with zero attached hydrogens (tertiary/aromatic N) is 2. The predicted molar refractivity (Wildman–Crippen MR) is 54.1 cm³/mol. The van der Waals surface area contributed by atoms with Crippen molar-refractivity contribution in [3.63, 3.8) is 0 Å². The third-order valence-electron chi connectivity index (χ3n) is 1.90. The highest BCUT2D eigenvalue weighted by atomic mass is 32.1. The third kappa shape index (κ3) is 1.29. The molecule has 0 fully saturated rings. The number of aromatic amines is 2. The highest BCUT2D eigenvalue weighted by Crippen LogP contribution is 2.07. The summed E-state index contributed by atoms with van der Waals surface area (Å²) in [5, 5.41) is 4.99. The number of hydrogen-bond acceptors (Lipinski definition) is 3. The fourth-order valence-corrected chi connectivity index (χ4v) is 1.47. The Morgan fingerprint density at radius 3 is 2.86 bits per heavy atom. The molecule has 0 spiro atoms. The Labute approximate surface area is 84.4 Å². The SMILES string of the molecule is Cc1ncccc1-n1c(=O)[nH][nH]c1=S. The van der Waals surface area contributed by atoms with Gasteiger partial charge in [-0.25, -0.2) is 14.5 Å². The van der Waals surface area contributed by atoms with Gasteiger partial charge in [0.25, 0.3) is 0 Å². The molecule has 2 heterocycles. The smallest absolute Gasteiger partial charge is 0.272 e. The number of nitrogens with one attached hydrogen (secondary N) is 2. The maximum atomic E-state index is 11.4. The Morgan fingerprint density at radius 2 is 2.29 bits per heavy atom. The monoisotopic (exact) mass is 208 g/mol. The molecule has 0 radical (unpaired) electrons. The topological polar surface area (TPSA) is 66.5 Å². The second-order valence-corrected chi connectivity index (χ2v) is 3.19. The molecule has 0 atom stereocenters. The van der Waals surface area contributed by atoms with Crippen molar-refractivity contribution in [1.29, 1.82) is 0 Å². The lowest BCUT2D eigenvalue weighted by atomic mass is 10.3. The standard InChI is InChI=1S/C8H8N4OS/c1-5-6(3-2-4-9-5)12-7(13)10-11-8(12)14/h2-4H,1H3,(H,10,13)(H,11,14). The Bertz CT molecular complexity index is 537. The zero-order valence-corrected chi connectivity index (χ0v) is 8.26. The van der Waals surface area contributed by atoms with E-state index in [9.17, 15) is 4.79 Å². The molecule has 6 heteroatoms. The highest BCUT2D eigenvalue weighted by molar-refractivity contribution is 7.71. The van der Waals surface area contributed by atoms with Gasteiger partial charge < -0.3 is 0 Å². The van der Waals surface area contributed by atoms with Crippen molar-refractivity contribution >= 4 is 12.2 Å². The molecule has 2 rings (SSSR count). The van der Waals surface area contributed by atoms with Crippen molar-refractivity contribution in [2.75, 3.05) is 0 Å². The first-order valence-corrected chi connectivity index (χ1v) is 4.42. The summed E-state index contributed by atoms with van der Waals surface area (Å²) in [5.74, 6) is 0. The van der Waals surface area contributed by atoms with E-state index >= 15 is 0 Å². The number of H-pyrrole nitrogens is 2. The lowest BCUT2D eigenvalue weighted by Gasteiger charge is -2.02. The van der Waals surface area contributed by atoms with Gasteiger partial charge in [0, 0.05) is 6.20 Å². The van der Waals surface area contributed by atoms with Crippen LogP contribution in [-0.2, 0) is 0 Å². The summed E-state index contributed by atoms with van der Waals surface area (Å²) >= 11 is 4.96. The third-order valence-corrected chi connectivity index (χ3v) is 2.19. The van der Waals surface area contributed by atoms with E-state index in [1.165, 1.54) is 4.57 Å². The lowest BCUT2D eigenvalue weighted by molar-refractivity contribution is 0.946. The second kappa shape index (κ2) is 3.22. The van der Waals surface area contributed by atoms with E-state index < -0.39 is 0 Å². The summed E-state index contributed by atoms with van der Waals surface area (Å²) in [6.07, 6.45) is 1.67. The summed E-state index contributed by atoms with van der Waals surface area (Å²) in [6, 6.07) is 3.55. The molecule has 2 aromatic heterocycles. The van der Waals surface area contributed by atoms with Gasteiger partial charge in [0.2, 0.25) is 4.77 Å². The molecule has 0 aliphatic rings. The van der Waals surface area contributed by atoms with Crippen molar-refractivity contribution in [2.24, 2.45) is 0 Å². The van der Waals surface area contributed by atoms with E-state index in [0.717, 1.165) is 5.69 Å².